The molecule has 1 fully saturated rings. The summed E-state index contributed by atoms with van der Waals surface area (Å²) in [5, 5.41) is 4.41. The van der Waals surface area contributed by atoms with Crippen molar-refractivity contribution in [2.45, 2.75) is 72.4 Å². The van der Waals surface area contributed by atoms with Crippen molar-refractivity contribution in [1.82, 2.24) is 9.78 Å². The molecule has 0 amide bonds. The molecule has 184 valence electrons. The van der Waals surface area contributed by atoms with Crippen LogP contribution in [0.5, 0.6) is 5.75 Å². The number of aryl methyl sites for hydroxylation is 2. The zero-order valence-corrected chi connectivity index (χ0v) is 21.7. The number of rotatable bonds is 6. The molecule has 0 spiro atoms. The number of halogens is 2. The van der Waals surface area contributed by atoms with Gasteiger partial charge in [-0.1, -0.05) is 25.4 Å². The second-order valence-electron chi connectivity index (χ2n) is 9.90. The maximum absolute atomic E-state index is 15.4. The van der Waals surface area contributed by atoms with Gasteiger partial charge in [0, 0.05) is 17.6 Å². The predicted octanol–water partition coefficient (Wildman–Crippen LogP) is 4.74. The maximum atomic E-state index is 15.4. The highest BCUT2D eigenvalue weighted by Gasteiger charge is 2.50. The summed E-state index contributed by atoms with van der Waals surface area (Å²) in [5.41, 5.74) is -1.04. The molecular formula is C24H31BClFN2O5. The first-order chi connectivity index (χ1) is 15.7. The summed E-state index contributed by atoms with van der Waals surface area (Å²) in [6, 6.07) is 2.64. The summed E-state index contributed by atoms with van der Waals surface area (Å²) in [6.07, 6.45) is 0.652. The Labute approximate surface area is 204 Å². The molecular weight excluding hydrogens is 462 g/mol. The van der Waals surface area contributed by atoms with Crippen LogP contribution in [0.3, 0.4) is 0 Å². The average molecular weight is 493 g/mol. The van der Waals surface area contributed by atoms with Gasteiger partial charge in [-0.3, -0.25) is 9.59 Å². The first-order valence-corrected chi connectivity index (χ1v) is 11.7. The van der Waals surface area contributed by atoms with E-state index in [-0.39, 0.29) is 34.0 Å². The third kappa shape index (κ3) is 4.92. The fraction of sp³-hybridized carbons (Fsp3) is 0.542. The molecule has 2 aromatic rings. The maximum Gasteiger partial charge on any atom is 0.458 e. The van der Waals surface area contributed by atoms with E-state index >= 15 is 4.39 Å². The Kier molecular flexibility index (Phi) is 7.32. The molecule has 0 atom stereocenters. The molecule has 0 radical (unpaired) electrons. The first-order valence-electron chi connectivity index (χ1n) is 11.3. The minimum Gasteiger partial charge on any atom is -0.423 e. The number of benzene rings is 1. The van der Waals surface area contributed by atoms with E-state index in [1.54, 1.807) is 20.8 Å². The number of carbonyl (C=O) groups is 1. The number of nitrogens with zero attached hydrogens (tertiary/aromatic N) is 2. The average Bonchev–Trinajstić information content (AvgIpc) is 2.93. The van der Waals surface area contributed by atoms with Crippen LogP contribution in [-0.2, 0) is 27.6 Å². The zero-order chi connectivity index (χ0) is 25.6. The Hall–Kier alpha value is -2.23. The summed E-state index contributed by atoms with van der Waals surface area (Å²) in [4.78, 5) is 25.6. The normalized spacial score (nSPS) is 16.9. The van der Waals surface area contributed by atoms with Crippen LogP contribution in [0.25, 0.3) is 11.1 Å². The highest BCUT2D eigenvalue weighted by atomic mass is 35.5. The molecule has 1 aromatic heterocycles. The molecule has 0 N–H and O–H groups in total. The molecule has 7 nitrogen and oxygen atoms in total. The Morgan fingerprint density at radius 3 is 2.35 bits per heavy atom. The van der Waals surface area contributed by atoms with Crippen molar-refractivity contribution in [2.75, 3.05) is 0 Å². The van der Waals surface area contributed by atoms with Gasteiger partial charge in [0.25, 0.3) is 5.56 Å². The molecule has 0 bridgehead atoms. The molecule has 1 saturated heterocycles. The van der Waals surface area contributed by atoms with Gasteiger partial charge in [-0.05, 0) is 65.1 Å². The van der Waals surface area contributed by atoms with Crippen molar-refractivity contribution in [2.24, 2.45) is 13.0 Å². The molecule has 0 saturated carbocycles. The standard InChI is InChI=1S/C24H31BClFN2O5/c1-13(2)22(31)32-20-14(3)28-29(8)21(30)19(20)18-15(16(26)9-10-17(18)27)11-12-25-33-23(4,5)24(6,7)34-25/h9-10,13H,11-12H2,1-8H3. The van der Waals surface area contributed by atoms with Crippen molar-refractivity contribution in [3.05, 3.63) is 44.6 Å². The minimum atomic E-state index is -0.655. The number of esters is 1. The summed E-state index contributed by atoms with van der Waals surface area (Å²) in [6.45, 7) is 12.7. The van der Waals surface area contributed by atoms with E-state index in [2.05, 4.69) is 5.10 Å². The quantitative estimate of drug-likeness (QED) is 0.428. The van der Waals surface area contributed by atoms with Gasteiger partial charge < -0.3 is 14.0 Å². The fourth-order valence-electron chi connectivity index (χ4n) is 3.77. The van der Waals surface area contributed by atoms with Crippen LogP contribution in [0, 0.1) is 18.7 Å². The molecule has 1 aliphatic heterocycles. The first kappa shape index (κ1) is 26.4. The van der Waals surface area contributed by atoms with Gasteiger partial charge >= 0.3 is 13.1 Å². The lowest BCUT2D eigenvalue weighted by Crippen LogP contribution is -2.41. The second-order valence-corrected chi connectivity index (χ2v) is 10.3. The van der Waals surface area contributed by atoms with Gasteiger partial charge in [0.2, 0.25) is 0 Å². The van der Waals surface area contributed by atoms with E-state index < -0.39 is 41.6 Å². The Balaban J connectivity index is 2.11. The number of hydrogen-bond acceptors (Lipinski definition) is 6. The monoisotopic (exact) mass is 492 g/mol. The highest BCUT2D eigenvalue weighted by molar-refractivity contribution is 6.45. The van der Waals surface area contributed by atoms with Crippen molar-refractivity contribution in [1.29, 1.82) is 0 Å². The van der Waals surface area contributed by atoms with E-state index in [0.29, 0.717) is 11.9 Å². The van der Waals surface area contributed by atoms with E-state index in [1.807, 2.05) is 27.7 Å². The zero-order valence-electron chi connectivity index (χ0n) is 20.9. The predicted molar refractivity (Wildman–Crippen MR) is 130 cm³/mol. The van der Waals surface area contributed by atoms with Crippen LogP contribution < -0.4 is 10.3 Å². The van der Waals surface area contributed by atoms with E-state index in [4.69, 9.17) is 25.6 Å². The van der Waals surface area contributed by atoms with Crippen LogP contribution in [0.1, 0.15) is 52.8 Å². The topological polar surface area (TPSA) is 79.7 Å². The lowest BCUT2D eigenvalue weighted by molar-refractivity contribution is -0.137. The van der Waals surface area contributed by atoms with Crippen molar-refractivity contribution in [3.63, 3.8) is 0 Å². The van der Waals surface area contributed by atoms with Gasteiger partial charge in [-0.15, -0.1) is 0 Å². The number of ether oxygens (including phenoxy) is 1. The van der Waals surface area contributed by atoms with Crippen LogP contribution in [-0.4, -0.2) is 34.1 Å². The van der Waals surface area contributed by atoms with E-state index in [0.717, 1.165) is 4.68 Å². The van der Waals surface area contributed by atoms with Gasteiger partial charge in [-0.25, -0.2) is 9.07 Å². The molecule has 0 unspecified atom stereocenters. The van der Waals surface area contributed by atoms with Gasteiger partial charge in [-0.2, -0.15) is 5.10 Å². The van der Waals surface area contributed by atoms with Crippen molar-refractivity contribution < 1.29 is 23.2 Å². The lowest BCUT2D eigenvalue weighted by atomic mass is 9.80. The second kappa shape index (κ2) is 9.43. The van der Waals surface area contributed by atoms with Crippen LogP contribution >= 0.6 is 11.6 Å². The Morgan fingerprint density at radius 1 is 1.21 bits per heavy atom. The van der Waals surface area contributed by atoms with Gasteiger partial charge in [0.15, 0.2) is 5.75 Å². The Bertz CT molecular complexity index is 1160. The van der Waals surface area contributed by atoms with Crippen LogP contribution in [0.2, 0.25) is 11.3 Å². The third-order valence-corrected chi connectivity index (χ3v) is 6.78. The lowest BCUT2D eigenvalue weighted by Gasteiger charge is -2.32. The number of aromatic nitrogens is 2. The van der Waals surface area contributed by atoms with E-state index in [9.17, 15) is 9.59 Å². The largest absolute Gasteiger partial charge is 0.458 e. The molecule has 1 aliphatic rings. The number of carbonyl (C=O) groups excluding carboxylic acids is 1. The Morgan fingerprint density at radius 2 is 1.79 bits per heavy atom. The summed E-state index contributed by atoms with van der Waals surface area (Å²) in [7, 11) is 0.928. The molecule has 34 heavy (non-hydrogen) atoms. The van der Waals surface area contributed by atoms with Crippen LogP contribution in [0.4, 0.5) is 4.39 Å². The minimum absolute atomic E-state index is 0.0123. The smallest absolute Gasteiger partial charge is 0.423 e. The summed E-state index contributed by atoms with van der Waals surface area (Å²) in [5.74, 6) is -1.73. The molecule has 10 heteroatoms. The van der Waals surface area contributed by atoms with Crippen LogP contribution in [0.15, 0.2) is 16.9 Å². The molecule has 2 heterocycles. The third-order valence-electron chi connectivity index (χ3n) is 6.42. The van der Waals surface area contributed by atoms with Gasteiger partial charge in [0.05, 0.1) is 22.7 Å². The van der Waals surface area contributed by atoms with Gasteiger partial charge in [0.1, 0.15) is 11.5 Å². The summed E-state index contributed by atoms with van der Waals surface area (Å²) < 4.78 is 34.1. The molecule has 0 aliphatic carbocycles. The van der Waals surface area contributed by atoms with E-state index in [1.165, 1.54) is 19.2 Å². The SMILES string of the molecule is Cc1nn(C)c(=O)c(-c2c(F)ccc(Cl)c2CCB2OC(C)(C)C(C)(C)O2)c1OC(=O)C(C)C. The van der Waals surface area contributed by atoms with Crippen molar-refractivity contribution in [3.8, 4) is 16.9 Å². The summed E-state index contributed by atoms with van der Waals surface area (Å²) >= 11 is 6.51. The fourth-order valence-corrected chi connectivity index (χ4v) is 4.03. The number of hydrogen-bond donors (Lipinski definition) is 0. The van der Waals surface area contributed by atoms with Crippen molar-refractivity contribution >= 4 is 24.7 Å². The highest BCUT2D eigenvalue weighted by Crippen LogP contribution is 2.40. The molecule has 1 aromatic carbocycles. The molecule has 3 rings (SSSR count).